The molecule has 0 unspecified atom stereocenters. The lowest BCUT2D eigenvalue weighted by atomic mass is 10.2. The summed E-state index contributed by atoms with van der Waals surface area (Å²) in [4.78, 5) is 35.8. The predicted octanol–water partition coefficient (Wildman–Crippen LogP) is 3.56. The highest BCUT2D eigenvalue weighted by atomic mass is 32.2. The number of aryl methyl sites for hydroxylation is 1. The highest BCUT2D eigenvalue weighted by Crippen LogP contribution is 2.24. The molecule has 7 nitrogen and oxygen atoms in total. The molecule has 2 aromatic carbocycles. The summed E-state index contributed by atoms with van der Waals surface area (Å²) in [5.74, 6) is 0.619. The molecular formula is C25H25N5O2S2. The zero-order valence-electron chi connectivity index (χ0n) is 18.9. The molecule has 34 heavy (non-hydrogen) atoms. The number of carbonyl (C=O) groups excluding carboxylic acids is 1. The fourth-order valence-corrected chi connectivity index (χ4v) is 5.62. The largest absolute Gasteiger partial charge is 0.339 e. The van der Waals surface area contributed by atoms with E-state index >= 15 is 0 Å². The smallest absolute Gasteiger partial charge is 0.275 e. The van der Waals surface area contributed by atoms with Crippen LogP contribution in [0, 0.1) is 6.92 Å². The van der Waals surface area contributed by atoms with Gasteiger partial charge in [-0.25, -0.2) is 4.98 Å². The van der Waals surface area contributed by atoms with E-state index in [0.717, 1.165) is 34.2 Å². The summed E-state index contributed by atoms with van der Waals surface area (Å²) in [7, 11) is 0. The van der Waals surface area contributed by atoms with E-state index in [2.05, 4.69) is 41.2 Å². The number of rotatable bonds is 6. The SMILES string of the molecule is Cc1ccc(SCC(=O)N2CCN(Cc3cc(=O)n4nc(-c5ccccc5)sc4n3)CC2)cc1. The second-order valence-corrected chi connectivity index (χ2v) is 10.3. The normalized spacial score (nSPS) is 14.6. The summed E-state index contributed by atoms with van der Waals surface area (Å²) >= 11 is 3.00. The van der Waals surface area contributed by atoms with Gasteiger partial charge in [-0.15, -0.1) is 11.8 Å². The maximum absolute atomic E-state index is 12.6. The summed E-state index contributed by atoms with van der Waals surface area (Å²) in [5, 5.41) is 5.22. The minimum Gasteiger partial charge on any atom is -0.339 e. The average Bonchev–Trinajstić information content (AvgIpc) is 3.29. The van der Waals surface area contributed by atoms with Crippen LogP contribution in [0.1, 0.15) is 11.3 Å². The van der Waals surface area contributed by atoms with Crippen molar-refractivity contribution in [2.45, 2.75) is 18.4 Å². The Labute approximate surface area is 206 Å². The van der Waals surface area contributed by atoms with Crippen LogP contribution in [0.4, 0.5) is 0 Å². The second-order valence-electron chi connectivity index (χ2n) is 8.31. The van der Waals surface area contributed by atoms with Gasteiger partial charge in [0, 0.05) is 49.2 Å². The summed E-state index contributed by atoms with van der Waals surface area (Å²) in [6.07, 6.45) is 0. The molecular weight excluding hydrogens is 466 g/mol. The van der Waals surface area contributed by atoms with E-state index in [9.17, 15) is 9.59 Å². The van der Waals surface area contributed by atoms with Crippen molar-refractivity contribution in [3.05, 3.63) is 82.3 Å². The molecule has 0 N–H and O–H groups in total. The first kappa shape index (κ1) is 22.8. The molecule has 1 aliphatic rings. The van der Waals surface area contributed by atoms with Gasteiger partial charge in [0.1, 0.15) is 5.01 Å². The number of fused-ring (bicyclic) bond motifs is 1. The highest BCUT2D eigenvalue weighted by molar-refractivity contribution is 8.00. The number of aromatic nitrogens is 3. The summed E-state index contributed by atoms with van der Waals surface area (Å²) < 4.78 is 1.37. The molecule has 4 aromatic rings. The van der Waals surface area contributed by atoms with Crippen molar-refractivity contribution in [2.24, 2.45) is 0 Å². The lowest BCUT2D eigenvalue weighted by Crippen LogP contribution is -2.49. The van der Waals surface area contributed by atoms with E-state index in [4.69, 9.17) is 4.98 Å². The average molecular weight is 492 g/mol. The zero-order valence-corrected chi connectivity index (χ0v) is 20.5. The van der Waals surface area contributed by atoms with Crippen LogP contribution in [0.25, 0.3) is 15.5 Å². The van der Waals surface area contributed by atoms with Gasteiger partial charge in [-0.2, -0.15) is 9.61 Å². The lowest BCUT2D eigenvalue weighted by Gasteiger charge is -2.34. The number of carbonyl (C=O) groups is 1. The molecule has 0 spiro atoms. The first-order chi connectivity index (χ1) is 16.5. The number of nitrogens with zero attached hydrogens (tertiary/aromatic N) is 5. The Hall–Kier alpha value is -3.01. The molecule has 0 aliphatic carbocycles. The van der Waals surface area contributed by atoms with E-state index in [0.29, 0.717) is 30.3 Å². The van der Waals surface area contributed by atoms with Gasteiger partial charge in [-0.05, 0) is 19.1 Å². The van der Waals surface area contributed by atoms with Gasteiger partial charge in [0.05, 0.1) is 11.4 Å². The van der Waals surface area contributed by atoms with Crippen LogP contribution in [0.5, 0.6) is 0 Å². The summed E-state index contributed by atoms with van der Waals surface area (Å²) in [5.41, 5.74) is 2.76. The number of thioether (sulfide) groups is 1. The van der Waals surface area contributed by atoms with E-state index < -0.39 is 0 Å². The standard InChI is InChI=1S/C25H25N5O2S2/c1-18-7-9-21(10-8-18)33-17-23(32)29-13-11-28(12-14-29)16-20-15-22(31)30-25(26-20)34-24(27-30)19-5-3-2-4-6-19/h2-10,15H,11-14,16-17H2,1H3. The van der Waals surface area contributed by atoms with Crippen molar-refractivity contribution < 1.29 is 4.79 Å². The van der Waals surface area contributed by atoms with Gasteiger partial charge in [0.15, 0.2) is 0 Å². The van der Waals surface area contributed by atoms with Gasteiger partial charge in [0.2, 0.25) is 10.9 Å². The number of hydrogen-bond donors (Lipinski definition) is 0. The molecule has 0 saturated carbocycles. The molecule has 174 valence electrons. The third-order valence-corrected chi connectivity index (χ3v) is 7.77. The first-order valence-electron chi connectivity index (χ1n) is 11.2. The van der Waals surface area contributed by atoms with Gasteiger partial charge >= 0.3 is 0 Å². The summed E-state index contributed by atoms with van der Waals surface area (Å²) in [6.45, 7) is 5.55. The summed E-state index contributed by atoms with van der Waals surface area (Å²) in [6, 6.07) is 19.6. The molecule has 2 aromatic heterocycles. The molecule has 1 fully saturated rings. The van der Waals surface area contributed by atoms with Gasteiger partial charge in [-0.3, -0.25) is 14.5 Å². The molecule has 1 aliphatic heterocycles. The molecule has 0 radical (unpaired) electrons. The predicted molar refractivity (Wildman–Crippen MR) is 136 cm³/mol. The Morgan fingerprint density at radius 3 is 2.50 bits per heavy atom. The van der Waals surface area contributed by atoms with Crippen LogP contribution < -0.4 is 5.56 Å². The third-order valence-electron chi connectivity index (χ3n) is 5.81. The van der Waals surface area contributed by atoms with Gasteiger partial charge in [-0.1, -0.05) is 59.4 Å². The first-order valence-corrected chi connectivity index (χ1v) is 13.0. The molecule has 3 heterocycles. The van der Waals surface area contributed by atoms with Gasteiger partial charge in [0.25, 0.3) is 5.56 Å². The van der Waals surface area contributed by atoms with Crippen LogP contribution in [-0.4, -0.2) is 62.2 Å². The van der Waals surface area contributed by atoms with E-state index in [-0.39, 0.29) is 11.5 Å². The quantitative estimate of drug-likeness (QED) is 0.384. The van der Waals surface area contributed by atoms with Crippen LogP contribution in [0.2, 0.25) is 0 Å². The minimum atomic E-state index is -0.166. The molecule has 0 atom stereocenters. The lowest BCUT2D eigenvalue weighted by molar-refractivity contribution is -0.130. The van der Waals surface area contributed by atoms with Crippen molar-refractivity contribution in [3.63, 3.8) is 0 Å². The van der Waals surface area contributed by atoms with Crippen LogP contribution >= 0.6 is 23.1 Å². The number of benzene rings is 2. The van der Waals surface area contributed by atoms with E-state index in [1.165, 1.54) is 21.4 Å². The maximum Gasteiger partial charge on any atom is 0.275 e. The number of piperazine rings is 1. The van der Waals surface area contributed by atoms with E-state index in [1.54, 1.807) is 17.8 Å². The monoisotopic (exact) mass is 491 g/mol. The number of amides is 1. The van der Waals surface area contributed by atoms with Crippen molar-refractivity contribution >= 4 is 34.0 Å². The highest BCUT2D eigenvalue weighted by Gasteiger charge is 2.22. The number of hydrogen-bond acceptors (Lipinski definition) is 7. The van der Waals surface area contributed by atoms with Crippen molar-refractivity contribution in [2.75, 3.05) is 31.9 Å². The van der Waals surface area contributed by atoms with Crippen LogP contribution in [0.3, 0.4) is 0 Å². The molecule has 1 amide bonds. The molecule has 5 rings (SSSR count). The fourth-order valence-electron chi connectivity index (χ4n) is 3.89. The second kappa shape index (κ2) is 10.1. The van der Waals surface area contributed by atoms with Crippen LogP contribution in [-0.2, 0) is 11.3 Å². The van der Waals surface area contributed by atoms with E-state index in [1.807, 2.05) is 35.2 Å². The Bertz CT molecular complexity index is 1340. The minimum absolute atomic E-state index is 0.166. The topological polar surface area (TPSA) is 70.8 Å². The molecule has 1 saturated heterocycles. The van der Waals surface area contributed by atoms with Crippen LogP contribution in [0.15, 0.2) is 70.4 Å². The maximum atomic E-state index is 12.6. The van der Waals surface area contributed by atoms with Gasteiger partial charge < -0.3 is 4.90 Å². The fraction of sp³-hybridized carbons (Fsp3) is 0.280. The van der Waals surface area contributed by atoms with Crippen molar-refractivity contribution in [1.82, 2.24) is 24.4 Å². The molecule has 0 bridgehead atoms. The Balaban J connectivity index is 1.18. The van der Waals surface area contributed by atoms with Crippen molar-refractivity contribution in [3.8, 4) is 10.6 Å². The Morgan fingerprint density at radius 2 is 1.76 bits per heavy atom. The zero-order chi connectivity index (χ0) is 23.5. The third kappa shape index (κ3) is 5.22. The molecule has 9 heteroatoms. The Kier molecular flexibility index (Phi) is 6.75. The Morgan fingerprint density at radius 1 is 1.03 bits per heavy atom. The van der Waals surface area contributed by atoms with Crippen molar-refractivity contribution in [1.29, 1.82) is 0 Å².